The van der Waals surface area contributed by atoms with Crippen molar-refractivity contribution in [2.24, 2.45) is 5.73 Å². The van der Waals surface area contributed by atoms with Crippen molar-refractivity contribution in [1.29, 1.82) is 5.41 Å². The summed E-state index contributed by atoms with van der Waals surface area (Å²) in [5.41, 5.74) is 8.40. The van der Waals surface area contributed by atoms with E-state index in [4.69, 9.17) is 15.9 Å². The quantitative estimate of drug-likeness (QED) is 0.306. The average molecular weight is 423 g/mol. The normalized spacial score (nSPS) is 11.1. The Morgan fingerprint density at radius 2 is 1.67 bits per heavy atom. The Kier molecular flexibility index (Phi) is 6.29. The largest absolute Gasteiger partial charge is 0.465 e. The molecule has 154 valence electrons. The molecule has 0 aliphatic carbocycles. The van der Waals surface area contributed by atoms with Gasteiger partial charge in [-0.3, -0.25) is 5.41 Å². The molecule has 4 N–H and O–H groups in total. The number of benzene rings is 3. The smallest absolute Gasteiger partial charge is 0.337 e. The number of esters is 1. The lowest BCUT2D eigenvalue weighted by Gasteiger charge is -2.12. The highest BCUT2D eigenvalue weighted by Gasteiger charge is 2.15. The molecule has 0 aliphatic heterocycles. The molecule has 0 saturated carbocycles. The molecule has 0 spiro atoms. The summed E-state index contributed by atoms with van der Waals surface area (Å²) in [6.45, 7) is -0.0124. The Hall–Kier alpha value is -3.49. The molecular weight excluding hydrogens is 402 g/mol. The first kappa shape index (κ1) is 21.2. The summed E-state index contributed by atoms with van der Waals surface area (Å²) >= 11 is 0. The number of carbonyl (C=O) groups excluding carboxylic acids is 1. The Balaban J connectivity index is 1.97. The molecule has 3 rings (SSSR count). The first-order valence-corrected chi connectivity index (χ1v) is 10.5. The van der Waals surface area contributed by atoms with Crippen LogP contribution >= 0.6 is 0 Å². The molecule has 0 atom stereocenters. The highest BCUT2D eigenvalue weighted by molar-refractivity contribution is 7.89. The molecule has 0 fully saturated rings. The van der Waals surface area contributed by atoms with E-state index in [0.717, 1.165) is 5.56 Å². The number of sulfonamides is 1. The highest BCUT2D eigenvalue weighted by atomic mass is 32.2. The molecule has 0 aromatic heterocycles. The monoisotopic (exact) mass is 423 g/mol. The van der Waals surface area contributed by atoms with Crippen LogP contribution in [0.4, 0.5) is 0 Å². The standard InChI is InChI=1S/C22H21N3O4S/c1-29-22(26)19-11-15(14-25-30(27,28)20-8-3-2-4-9-20)10-18(13-19)16-6-5-7-17(12-16)21(23)24/h2-13,25H,14H2,1H3,(H3,23,24). The fourth-order valence-corrected chi connectivity index (χ4v) is 3.96. The fraction of sp³-hybridized carbons (Fsp3) is 0.0909. The van der Waals surface area contributed by atoms with Crippen LogP contribution in [0.15, 0.2) is 77.7 Å². The van der Waals surface area contributed by atoms with Crippen molar-refractivity contribution in [3.05, 3.63) is 89.5 Å². The Labute approximate surface area is 175 Å². The predicted molar refractivity (Wildman–Crippen MR) is 115 cm³/mol. The zero-order valence-corrected chi connectivity index (χ0v) is 17.1. The van der Waals surface area contributed by atoms with E-state index in [1.54, 1.807) is 54.6 Å². The molecule has 0 radical (unpaired) electrons. The molecule has 7 nitrogen and oxygen atoms in total. The number of rotatable bonds is 7. The molecule has 0 bridgehead atoms. The SMILES string of the molecule is COC(=O)c1cc(CNS(=O)(=O)c2ccccc2)cc(-c2cccc(C(=N)N)c2)c1. The minimum absolute atomic E-state index is 0.0124. The number of methoxy groups -OCH3 is 1. The first-order chi connectivity index (χ1) is 14.3. The van der Waals surface area contributed by atoms with Crippen LogP contribution in [0.25, 0.3) is 11.1 Å². The summed E-state index contributed by atoms with van der Waals surface area (Å²) in [5.74, 6) is -0.608. The first-order valence-electron chi connectivity index (χ1n) is 9.02. The number of amidine groups is 1. The number of nitrogens with two attached hydrogens (primary N) is 1. The van der Waals surface area contributed by atoms with Gasteiger partial charge >= 0.3 is 5.97 Å². The topological polar surface area (TPSA) is 122 Å². The van der Waals surface area contributed by atoms with Crippen molar-refractivity contribution in [1.82, 2.24) is 4.72 Å². The summed E-state index contributed by atoms with van der Waals surface area (Å²) in [6.07, 6.45) is 0. The van der Waals surface area contributed by atoms with Gasteiger partial charge in [0, 0.05) is 12.1 Å². The van der Waals surface area contributed by atoms with E-state index in [2.05, 4.69) is 4.72 Å². The number of ether oxygens (including phenoxy) is 1. The number of carbonyl (C=O) groups is 1. The third-order valence-corrected chi connectivity index (χ3v) is 5.86. The number of nitrogen functional groups attached to an aromatic ring is 1. The minimum Gasteiger partial charge on any atom is -0.465 e. The van der Waals surface area contributed by atoms with Crippen LogP contribution in [0.2, 0.25) is 0 Å². The molecule has 0 saturated heterocycles. The minimum atomic E-state index is -3.70. The van der Waals surface area contributed by atoms with Crippen molar-refractivity contribution in [3.63, 3.8) is 0 Å². The van der Waals surface area contributed by atoms with Crippen molar-refractivity contribution < 1.29 is 17.9 Å². The summed E-state index contributed by atoms with van der Waals surface area (Å²) < 4.78 is 32.4. The number of hydrogen-bond acceptors (Lipinski definition) is 5. The van der Waals surface area contributed by atoms with Gasteiger partial charge in [-0.1, -0.05) is 36.4 Å². The Morgan fingerprint density at radius 1 is 0.967 bits per heavy atom. The van der Waals surface area contributed by atoms with Crippen LogP contribution < -0.4 is 10.5 Å². The summed E-state index contributed by atoms with van der Waals surface area (Å²) in [4.78, 5) is 12.3. The van der Waals surface area contributed by atoms with Crippen LogP contribution in [0.5, 0.6) is 0 Å². The zero-order valence-electron chi connectivity index (χ0n) is 16.3. The van der Waals surface area contributed by atoms with E-state index in [9.17, 15) is 13.2 Å². The average Bonchev–Trinajstić information content (AvgIpc) is 2.77. The van der Waals surface area contributed by atoms with E-state index in [1.807, 2.05) is 6.07 Å². The molecule has 3 aromatic rings. The van der Waals surface area contributed by atoms with Gasteiger partial charge < -0.3 is 10.5 Å². The predicted octanol–water partition coefficient (Wildman–Crippen LogP) is 2.90. The lowest BCUT2D eigenvalue weighted by atomic mass is 9.98. The molecule has 0 unspecified atom stereocenters. The lowest BCUT2D eigenvalue weighted by molar-refractivity contribution is 0.0600. The molecule has 3 aromatic carbocycles. The maximum absolute atomic E-state index is 12.5. The van der Waals surface area contributed by atoms with Crippen LogP contribution in [0.3, 0.4) is 0 Å². The van der Waals surface area contributed by atoms with Gasteiger partial charge in [-0.15, -0.1) is 0 Å². The molecule has 0 aliphatic rings. The Bertz CT molecular complexity index is 1190. The second kappa shape index (κ2) is 8.89. The summed E-state index contributed by atoms with van der Waals surface area (Å²) in [5, 5.41) is 7.62. The third kappa shape index (κ3) is 4.91. The van der Waals surface area contributed by atoms with Gasteiger partial charge in [0.1, 0.15) is 5.84 Å². The molecular formula is C22H21N3O4S. The summed E-state index contributed by atoms with van der Waals surface area (Å²) in [6, 6.07) is 20.1. The lowest BCUT2D eigenvalue weighted by Crippen LogP contribution is -2.23. The third-order valence-electron chi connectivity index (χ3n) is 4.44. The van der Waals surface area contributed by atoms with E-state index < -0.39 is 16.0 Å². The van der Waals surface area contributed by atoms with Gasteiger partial charge in [-0.2, -0.15) is 0 Å². The zero-order chi connectivity index (χ0) is 21.7. The number of nitrogens with one attached hydrogen (secondary N) is 2. The van der Waals surface area contributed by atoms with Gasteiger partial charge in [0.25, 0.3) is 0 Å². The van der Waals surface area contributed by atoms with Crippen molar-refractivity contribution in [2.75, 3.05) is 7.11 Å². The second-order valence-corrected chi connectivity index (χ2v) is 8.31. The van der Waals surface area contributed by atoms with Crippen molar-refractivity contribution in [2.45, 2.75) is 11.4 Å². The van der Waals surface area contributed by atoms with Crippen LogP contribution in [0.1, 0.15) is 21.5 Å². The van der Waals surface area contributed by atoms with E-state index >= 15 is 0 Å². The van der Waals surface area contributed by atoms with Gasteiger partial charge in [-0.25, -0.2) is 17.9 Å². The molecule has 8 heteroatoms. The fourth-order valence-electron chi connectivity index (χ4n) is 2.92. The van der Waals surface area contributed by atoms with Crippen LogP contribution in [0, 0.1) is 5.41 Å². The van der Waals surface area contributed by atoms with Gasteiger partial charge in [0.2, 0.25) is 10.0 Å². The van der Waals surface area contributed by atoms with E-state index in [-0.39, 0.29) is 22.8 Å². The molecule has 0 amide bonds. The van der Waals surface area contributed by atoms with Gasteiger partial charge in [0.15, 0.2) is 0 Å². The van der Waals surface area contributed by atoms with Gasteiger partial charge in [-0.05, 0) is 53.1 Å². The van der Waals surface area contributed by atoms with Gasteiger partial charge in [0.05, 0.1) is 17.6 Å². The van der Waals surface area contributed by atoms with Crippen LogP contribution in [-0.4, -0.2) is 27.3 Å². The van der Waals surface area contributed by atoms with Crippen LogP contribution in [-0.2, 0) is 21.3 Å². The maximum Gasteiger partial charge on any atom is 0.337 e. The van der Waals surface area contributed by atoms with Crippen molar-refractivity contribution >= 4 is 21.8 Å². The molecule has 30 heavy (non-hydrogen) atoms. The van der Waals surface area contributed by atoms with E-state index in [1.165, 1.54) is 19.2 Å². The second-order valence-electron chi connectivity index (χ2n) is 6.54. The van der Waals surface area contributed by atoms with E-state index in [0.29, 0.717) is 16.7 Å². The maximum atomic E-state index is 12.5. The van der Waals surface area contributed by atoms with Crippen molar-refractivity contribution in [3.8, 4) is 11.1 Å². The molecule has 0 heterocycles. The highest BCUT2D eigenvalue weighted by Crippen LogP contribution is 2.24. The number of hydrogen-bond donors (Lipinski definition) is 3. The Morgan fingerprint density at radius 3 is 2.33 bits per heavy atom. The summed E-state index contributed by atoms with van der Waals surface area (Å²) in [7, 11) is -2.42.